The standard InChI is InChI=1S/C16H20BrNO/c1-12(5-10-16-4-3-11-19-16)18-13(2)14-6-8-15(17)9-7-14/h3-4,6-9,11-13,18H,5,10H2,1-2H3/t12?,13-/m0/s1. The number of furan rings is 1. The highest BCUT2D eigenvalue weighted by Gasteiger charge is 2.10. The number of aryl methyl sites for hydroxylation is 1. The van der Waals surface area contributed by atoms with Crippen LogP contribution < -0.4 is 5.32 Å². The molecule has 1 heterocycles. The Kier molecular flexibility index (Phi) is 5.23. The number of hydrogen-bond donors (Lipinski definition) is 1. The van der Waals surface area contributed by atoms with Crippen LogP contribution >= 0.6 is 15.9 Å². The van der Waals surface area contributed by atoms with Gasteiger partial charge in [0.05, 0.1) is 6.26 Å². The lowest BCUT2D eigenvalue weighted by Gasteiger charge is -2.20. The summed E-state index contributed by atoms with van der Waals surface area (Å²) < 4.78 is 6.47. The molecule has 0 aliphatic carbocycles. The first-order valence-electron chi connectivity index (χ1n) is 6.69. The fourth-order valence-electron chi connectivity index (χ4n) is 2.17. The van der Waals surface area contributed by atoms with Gasteiger partial charge in [-0.3, -0.25) is 0 Å². The van der Waals surface area contributed by atoms with Gasteiger partial charge >= 0.3 is 0 Å². The van der Waals surface area contributed by atoms with E-state index in [1.54, 1.807) is 6.26 Å². The van der Waals surface area contributed by atoms with Crippen molar-refractivity contribution in [2.45, 2.75) is 38.8 Å². The molecule has 0 spiro atoms. The molecule has 0 aliphatic rings. The molecule has 0 radical (unpaired) electrons. The maximum absolute atomic E-state index is 5.35. The summed E-state index contributed by atoms with van der Waals surface area (Å²) in [6.45, 7) is 4.42. The van der Waals surface area contributed by atoms with Crippen LogP contribution in [0.3, 0.4) is 0 Å². The fraction of sp³-hybridized carbons (Fsp3) is 0.375. The fourth-order valence-corrected chi connectivity index (χ4v) is 2.44. The number of nitrogens with one attached hydrogen (secondary N) is 1. The van der Waals surface area contributed by atoms with Crippen molar-refractivity contribution in [1.82, 2.24) is 5.32 Å². The number of benzene rings is 1. The molecule has 2 nitrogen and oxygen atoms in total. The Balaban J connectivity index is 1.81. The van der Waals surface area contributed by atoms with Gasteiger partial charge in [0.1, 0.15) is 5.76 Å². The van der Waals surface area contributed by atoms with Gasteiger partial charge in [0.2, 0.25) is 0 Å². The van der Waals surface area contributed by atoms with Crippen molar-refractivity contribution < 1.29 is 4.42 Å². The first kappa shape index (κ1) is 14.4. The van der Waals surface area contributed by atoms with Crippen LogP contribution in [0.25, 0.3) is 0 Å². The smallest absolute Gasteiger partial charge is 0.103 e. The lowest BCUT2D eigenvalue weighted by molar-refractivity contribution is 0.430. The SMILES string of the molecule is CC(CCc1ccco1)N[C@@H](C)c1ccc(Br)cc1. The van der Waals surface area contributed by atoms with E-state index in [1.165, 1.54) is 5.56 Å². The van der Waals surface area contributed by atoms with Crippen molar-refractivity contribution in [1.29, 1.82) is 0 Å². The van der Waals surface area contributed by atoms with Gasteiger partial charge in [-0.25, -0.2) is 0 Å². The molecule has 1 aromatic heterocycles. The molecule has 0 bridgehead atoms. The Labute approximate surface area is 123 Å². The van der Waals surface area contributed by atoms with E-state index in [1.807, 2.05) is 12.1 Å². The zero-order chi connectivity index (χ0) is 13.7. The van der Waals surface area contributed by atoms with E-state index in [0.717, 1.165) is 23.1 Å². The molecule has 2 rings (SSSR count). The van der Waals surface area contributed by atoms with Gasteiger partial charge in [-0.05, 0) is 50.1 Å². The minimum Gasteiger partial charge on any atom is -0.469 e. The Morgan fingerprint density at radius 3 is 2.53 bits per heavy atom. The molecule has 0 fully saturated rings. The quantitative estimate of drug-likeness (QED) is 0.833. The average Bonchev–Trinajstić information content (AvgIpc) is 2.90. The van der Waals surface area contributed by atoms with Crippen LogP contribution in [0.2, 0.25) is 0 Å². The van der Waals surface area contributed by atoms with Crippen molar-refractivity contribution >= 4 is 15.9 Å². The van der Waals surface area contributed by atoms with Crippen LogP contribution in [0.15, 0.2) is 51.6 Å². The van der Waals surface area contributed by atoms with Gasteiger partial charge < -0.3 is 9.73 Å². The van der Waals surface area contributed by atoms with Crippen molar-refractivity contribution in [3.8, 4) is 0 Å². The van der Waals surface area contributed by atoms with Gasteiger partial charge in [0, 0.05) is 23.0 Å². The minimum absolute atomic E-state index is 0.361. The topological polar surface area (TPSA) is 25.2 Å². The summed E-state index contributed by atoms with van der Waals surface area (Å²) in [6.07, 6.45) is 3.79. The maximum atomic E-state index is 5.35. The third-order valence-corrected chi connectivity index (χ3v) is 3.84. The third-order valence-electron chi connectivity index (χ3n) is 3.31. The molecule has 0 saturated heterocycles. The Hall–Kier alpha value is -1.06. The first-order chi connectivity index (χ1) is 9.15. The van der Waals surface area contributed by atoms with Crippen LogP contribution in [-0.2, 0) is 6.42 Å². The van der Waals surface area contributed by atoms with Crippen LogP contribution in [0.1, 0.15) is 37.6 Å². The van der Waals surface area contributed by atoms with Crippen LogP contribution in [0.4, 0.5) is 0 Å². The molecule has 3 heteroatoms. The van der Waals surface area contributed by atoms with Crippen molar-refractivity contribution in [3.63, 3.8) is 0 Å². The molecule has 1 aromatic carbocycles. The molecule has 19 heavy (non-hydrogen) atoms. The highest BCUT2D eigenvalue weighted by molar-refractivity contribution is 9.10. The summed E-state index contributed by atoms with van der Waals surface area (Å²) in [5.74, 6) is 1.06. The number of hydrogen-bond acceptors (Lipinski definition) is 2. The highest BCUT2D eigenvalue weighted by Crippen LogP contribution is 2.17. The van der Waals surface area contributed by atoms with Crippen molar-refractivity contribution in [3.05, 3.63) is 58.5 Å². The summed E-state index contributed by atoms with van der Waals surface area (Å²) in [4.78, 5) is 0. The molecular formula is C16H20BrNO. The van der Waals surface area contributed by atoms with Gasteiger partial charge in [0.15, 0.2) is 0 Å². The lowest BCUT2D eigenvalue weighted by atomic mass is 10.1. The summed E-state index contributed by atoms with van der Waals surface area (Å²) >= 11 is 3.46. The number of rotatable bonds is 6. The second-order valence-corrected chi connectivity index (χ2v) is 5.87. The monoisotopic (exact) mass is 321 g/mol. The Morgan fingerprint density at radius 1 is 1.16 bits per heavy atom. The molecule has 2 atom stereocenters. The predicted molar refractivity (Wildman–Crippen MR) is 82.2 cm³/mol. The highest BCUT2D eigenvalue weighted by atomic mass is 79.9. The summed E-state index contributed by atoms with van der Waals surface area (Å²) in [5, 5.41) is 3.62. The predicted octanol–water partition coefficient (Wildman–Crippen LogP) is 4.71. The first-order valence-corrected chi connectivity index (χ1v) is 7.48. The van der Waals surface area contributed by atoms with E-state index in [2.05, 4.69) is 59.4 Å². The molecule has 102 valence electrons. The second kappa shape index (κ2) is 6.92. The van der Waals surface area contributed by atoms with E-state index in [-0.39, 0.29) is 0 Å². The second-order valence-electron chi connectivity index (χ2n) is 4.96. The van der Waals surface area contributed by atoms with Crippen LogP contribution in [-0.4, -0.2) is 6.04 Å². The van der Waals surface area contributed by atoms with Gasteiger partial charge in [-0.1, -0.05) is 28.1 Å². The van der Waals surface area contributed by atoms with E-state index in [9.17, 15) is 0 Å². The normalized spacial score (nSPS) is 14.3. The molecule has 1 N–H and O–H groups in total. The largest absolute Gasteiger partial charge is 0.469 e. The summed E-state index contributed by atoms with van der Waals surface area (Å²) in [5.41, 5.74) is 1.31. The molecule has 1 unspecified atom stereocenters. The maximum Gasteiger partial charge on any atom is 0.103 e. The lowest BCUT2D eigenvalue weighted by Crippen LogP contribution is -2.29. The van der Waals surface area contributed by atoms with E-state index in [4.69, 9.17) is 4.42 Å². The van der Waals surface area contributed by atoms with Crippen LogP contribution in [0.5, 0.6) is 0 Å². The Morgan fingerprint density at radius 2 is 1.89 bits per heavy atom. The van der Waals surface area contributed by atoms with E-state index < -0.39 is 0 Å². The van der Waals surface area contributed by atoms with Gasteiger partial charge in [-0.15, -0.1) is 0 Å². The van der Waals surface area contributed by atoms with Gasteiger partial charge in [0.25, 0.3) is 0 Å². The summed E-state index contributed by atoms with van der Waals surface area (Å²) in [7, 11) is 0. The van der Waals surface area contributed by atoms with Crippen LogP contribution in [0, 0.1) is 0 Å². The number of halogens is 1. The zero-order valence-corrected chi connectivity index (χ0v) is 13.0. The molecule has 0 amide bonds. The Bertz CT molecular complexity index is 478. The van der Waals surface area contributed by atoms with Crippen molar-refractivity contribution in [2.24, 2.45) is 0 Å². The van der Waals surface area contributed by atoms with Crippen molar-refractivity contribution in [2.75, 3.05) is 0 Å². The molecular weight excluding hydrogens is 302 g/mol. The third kappa shape index (κ3) is 4.51. The van der Waals surface area contributed by atoms with E-state index >= 15 is 0 Å². The summed E-state index contributed by atoms with van der Waals surface area (Å²) in [6, 6.07) is 13.3. The molecule has 2 aromatic rings. The minimum atomic E-state index is 0.361. The zero-order valence-electron chi connectivity index (χ0n) is 11.4. The van der Waals surface area contributed by atoms with E-state index in [0.29, 0.717) is 12.1 Å². The molecule has 0 aliphatic heterocycles. The average molecular weight is 322 g/mol. The van der Waals surface area contributed by atoms with Gasteiger partial charge in [-0.2, -0.15) is 0 Å². The molecule has 0 saturated carbocycles.